The zero-order chi connectivity index (χ0) is 14.6. The molecule has 0 bridgehead atoms. The summed E-state index contributed by atoms with van der Waals surface area (Å²) in [5.41, 5.74) is 5.45. The first-order chi connectivity index (χ1) is 9.53. The van der Waals surface area contributed by atoms with Crippen molar-refractivity contribution >= 4 is 5.91 Å². The SMILES string of the molecule is CC1CCCC(C)N1CCNC(=O)C1(N)CCOCC1. The van der Waals surface area contributed by atoms with E-state index in [4.69, 9.17) is 10.5 Å². The molecular formula is C15H29N3O2. The average molecular weight is 283 g/mol. The third kappa shape index (κ3) is 3.71. The van der Waals surface area contributed by atoms with E-state index in [-0.39, 0.29) is 5.91 Å². The maximum atomic E-state index is 12.2. The Balaban J connectivity index is 1.75. The summed E-state index contributed by atoms with van der Waals surface area (Å²) >= 11 is 0. The van der Waals surface area contributed by atoms with Gasteiger partial charge >= 0.3 is 0 Å². The van der Waals surface area contributed by atoms with E-state index in [2.05, 4.69) is 24.1 Å². The van der Waals surface area contributed by atoms with Crippen LogP contribution in [0.2, 0.25) is 0 Å². The first-order valence-electron chi connectivity index (χ1n) is 7.93. The molecule has 5 nitrogen and oxygen atoms in total. The van der Waals surface area contributed by atoms with Crippen LogP contribution in [0.25, 0.3) is 0 Å². The van der Waals surface area contributed by atoms with Crippen molar-refractivity contribution in [3.63, 3.8) is 0 Å². The van der Waals surface area contributed by atoms with Gasteiger partial charge in [-0.05, 0) is 39.5 Å². The fourth-order valence-electron chi connectivity index (χ4n) is 3.35. The number of amides is 1. The molecule has 2 rings (SSSR count). The minimum Gasteiger partial charge on any atom is -0.381 e. The normalized spacial score (nSPS) is 30.9. The van der Waals surface area contributed by atoms with Crippen molar-refractivity contribution in [2.45, 2.75) is 63.6 Å². The van der Waals surface area contributed by atoms with Crippen molar-refractivity contribution in [2.75, 3.05) is 26.3 Å². The first kappa shape index (κ1) is 15.7. The zero-order valence-corrected chi connectivity index (χ0v) is 12.9. The van der Waals surface area contributed by atoms with Crippen molar-refractivity contribution < 1.29 is 9.53 Å². The van der Waals surface area contributed by atoms with Crippen LogP contribution in [0.15, 0.2) is 0 Å². The number of carbonyl (C=O) groups is 1. The lowest BCUT2D eigenvalue weighted by molar-refractivity contribution is -0.129. The lowest BCUT2D eigenvalue weighted by Crippen LogP contribution is -2.58. The van der Waals surface area contributed by atoms with Crippen molar-refractivity contribution in [2.24, 2.45) is 5.73 Å². The van der Waals surface area contributed by atoms with E-state index in [1.165, 1.54) is 19.3 Å². The Morgan fingerprint density at radius 3 is 2.50 bits per heavy atom. The van der Waals surface area contributed by atoms with Crippen LogP contribution in [0.1, 0.15) is 46.0 Å². The lowest BCUT2D eigenvalue weighted by atomic mass is 9.90. The molecule has 116 valence electrons. The Hall–Kier alpha value is -0.650. The second-order valence-corrected chi connectivity index (χ2v) is 6.39. The lowest BCUT2D eigenvalue weighted by Gasteiger charge is -2.39. The van der Waals surface area contributed by atoms with E-state index < -0.39 is 5.54 Å². The summed E-state index contributed by atoms with van der Waals surface area (Å²) in [6.45, 7) is 7.34. The standard InChI is InChI=1S/C15H29N3O2/c1-12-4-3-5-13(2)18(12)9-8-17-14(19)15(16)6-10-20-11-7-15/h12-13H,3-11,16H2,1-2H3,(H,17,19). The van der Waals surface area contributed by atoms with Gasteiger partial charge in [-0.2, -0.15) is 0 Å². The van der Waals surface area contributed by atoms with Crippen molar-refractivity contribution in [3.8, 4) is 0 Å². The number of carbonyl (C=O) groups excluding carboxylic acids is 1. The van der Waals surface area contributed by atoms with Crippen LogP contribution in [0.4, 0.5) is 0 Å². The van der Waals surface area contributed by atoms with Crippen LogP contribution in [0.5, 0.6) is 0 Å². The molecule has 2 unspecified atom stereocenters. The molecular weight excluding hydrogens is 254 g/mol. The molecule has 0 aromatic heterocycles. The van der Waals surface area contributed by atoms with Crippen LogP contribution in [0, 0.1) is 0 Å². The first-order valence-corrected chi connectivity index (χ1v) is 7.93. The molecule has 2 atom stereocenters. The fourth-order valence-corrected chi connectivity index (χ4v) is 3.35. The number of piperidine rings is 1. The molecule has 0 spiro atoms. The highest BCUT2D eigenvalue weighted by molar-refractivity contribution is 5.86. The van der Waals surface area contributed by atoms with Gasteiger partial charge in [0.25, 0.3) is 0 Å². The van der Waals surface area contributed by atoms with E-state index in [9.17, 15) is 4.79 Å². The van der Waals surface area contributed by atoms with E-state index in [0.717, 1.165) is 6.54 Å². The Morgan fingerprint density at radius 1 is 1.30 bits per heavy atom. The second-order valence-electron chi connectivity index (χ2n) is 6.39. The van der Waals surface area contributed by atoms with Gasteiger partial charge in [-0.3, -0.25) is 9.69 Å². The third-order valence-electron chi connectivity index (χ3n) is 4.87. The summed E-state index contributed by atoms with van der Waals surface area (Å²) in [7, 11) is 0. The molecule has 2 aliphatic rings. The molecule has 20 heavy (non-hydrogen) atoms. The van der Waals surface area contributed by atoms with Crippen molar-refractivity contribution in [1.82, 2.24) is 10.2 Å². The quantitative estimate of drug-likeness (QED) is 0.803. The van der Waals surface area contributed by atoms with Crippen molar-refractivity contribution in [3.05, 3.63) is 0 Å². The van der Waals surface area contributed by atoms with Gasteiger partial charge in [-0.15, -0.1) is 0 Å². The van der Waals surface area contributed by atoms with Gasteiger partial charge in [0, 0.05) is 38.4 Å². The number of hydrogen-bond donors (Lipinski definition) is 2. The van der Waals surface area contributed by atoms with Crippen molar-refractivity contribution in [1.29, 1.82) is 0 Å². The summed E-state index contributed by atoms with van der Waals surface area (Å²) in [6, 6.07) is 1.23. The Labute approximate surface area is 122 Å². The van der Waals surface area contributed by atoms with E-state index >= 15 is 0 Å². The van der Waals surface area contributed by atoms with Gasteiger partial charge < -0.3 is 15.8 Å². The Kier molecular flexibility index (Phi) is 5.41. The Bertz CT molecular complexity index is 319. The summed E-state index contributed by atoms with van der Waals surface area (Å²) in [4.78, 5) is 14.7. The molecule has 2 aliphatic heterocycles. The predicted octanol–water partition coefficient (Wildman–Crippen LogP) is 0.873. The van der Waals surface area contributed by atoms with Crippen LogP contribution in [-0.4, -0.2) is 54.7 Å². The van der Waals surface area contributed by atoms with Gasteiger partial charge in [0.05, 0.1) is 5.54 Å². The van der Waals surface area contributed by atoms with Gasteiger partial charge in [0.1, 0.15) is 0 Å². The number of nitrogens with two attached hydrogens (primary N) is 1. The summed E-state index contributed by atoms with van der Waals surface area (Å²) < 4.78 is 5.27. The molecule has 2 saturated heterocycles. The molecule has 0 aromatic carbocycles. The summed E-state index contributed by atoms with van der Waals surface area (Å²) in [6.07, 6.45) is 5.08. The topological polar surface area (TPSA) is 67.6 Å². The average Bonchev–Trinajstić information content (AvgIpc) is 2.42. The molecule has 2 fully saturated rings. The van der Waals surface area contributed by atoms with Gasteiger partial charge in [-0.25, -0.2) is 0 Å². The number of rotatable bonds is 4. The zero-order valence-electron chi connectivity index (χ0n) is 12.9. The van der Waals surface area contributed by atoms with Crippen LogP contribution in [0.3, 0.4) is 0 Å². The number of ether oxygens (including phenoxy) is 1. The maximum Gasteiger partial charge on any atom is 0.240 e. The Morgan fingerprint density at radius 2 is 1.90 bits per heavy atom. The highest BCUT2D eigenvalue weighted by Gasteiger charge is 2.35. The van der Waals surface area contributed by atoms with E-state index in [1.807, 2.05) is 0 Å². The van der Waals surface area contributed by atoms with Crippen LogP contribution >= 0.6 is 0 Å². The summed E-state index contributed by atoms with van der Waals surface area (Å²) in [5.74, 6) is -0.0156. The molecule has 3 N–H and O–H groups in total. The van der Waals surface area contributed by atoms with Gasteiger partial charge in [-0.1, -0.05) is 6.42 Å². The maximum absolute atomic E-state index is 12.2. The number of nitrogens with one attached hydrogen (secondary N) is 1. The predicted molar refractivity (Wildman–Crippen MR) is 79.5 cm³/mol. The molecule has 2 heterocycles. The number of likely N-dealkylation sites (tertiary alicyclic amines) is 1. The summed E-state index contributed by atoms with van der Waals surface area (Å²) in [5, 5.41) is 3.02. The largest absolute Gasteiger partial charge is 0.381 e. The highest BCUT2D eigenvalue weighted by atomic mass is 16.5. The highest BCUT2D eigenvalue weighted by Crippen LogP contribution is 2.22. The minimum absolute atomic E-state index is 0.0156. The van der Waals surface area contributed by atoms with Crippen LogP contribution in [-0.2, 0) is 9.53 Å². The van der Waals surface area contributed by atoms with E-state index in [1.54, 1.807) is 0 Å². The van der Waals surface area contributed by atoms with Crippen LogP contribution < -0.4 is 11.1 Å². The van der Waals surface area contributed by atoms with Gasteiger partial charge in [0.2, 0.25) is 5.91 Å². The van der Waals surface area contributed by atoms with Gasteiger partial charge in [0.15, 0.2) is 0 Å². The molecule has 0 aliphatic carbocycles. The fraction of sp³-hybridized carbons (Fsp3) is 0.933. The monoisotopic (exact) mass is 283 g/mol. The van der Waals surface area contributed by atoms with E-state index in [0.29, 0.717) is 44.7 Å². The molecule has 5 heteroatoms. The smallest absolute Gasteiger partial charge is 0.240 e. The minimum atomic E-state index is -0.725. The molecule has 1 amide bonds. The number of nitrogens with zero attached hydrogens (tertiary/aromatic N) is 1. The molecule has 0 radical (unpaired) electrons. The molecule has 0 saturated carbocycles. The second kappa shape index (κ2) is 6.87. The third-order valence-corrected chi connectivity index (χ3v) is 4.87. The number of hydrogen-bond acceptors (Lipinski definition) is 4. The molecule has 0 aromatic rings.